The number of carboxylic acid groups (broad SMARTS) is 1. The quantitative estimate of drug-likeness (QED) is 0.789. The molecule has 2 aliphatic heterocycles. The minimum atomic E-state index is -5.11. The molecule has 0 aromatic heterocycles. The number of rotatable bonds is 2. The number of alkyl halides is 3. The third kappa shape index (κ3) is 3.34. The van der Waals surface area contributed by atoms with E-state index in [2.05, 4.69) is 0 Å². The van der Waals surface area contributed by atoms with Gasteiger partial charge in [0, 0.05) is 24.7 Å². The SMILES string of the molecule is CC(O)(C(=O)N1Cc2cc(Cl)cc(C3CCCN3C(=O)O)c2C1)C(F)(F)F. The number of benzene rings is 1. The Labute approximate surface area is 158 Å². The van der Waals surface area contributed by atoms with Gasteiger partial charge in [0.15, 0.2) is 0 Å². The third-order valence-electron chi connectivity index (χ3n) is 5.16. The van der Waals surface area contributed by atoms with Crippen molar-refractivity contribution < 1.29 is 33.0 Å². The molecule has 3 rings (SSSR count). The van der Waals surface area contributed by atoms with Gasteiger partial charge < -0.3 is 20.0 Å². The zero-order valence-corrected chi connectivity index (χ0v) is 15.1. The van der Waals surface area contributed by atoms with Gasteiger partial charge in [-0.2, -0.15) is 13.2 Å². The Hall–Kier alpha value is -2.00. The van der Waals surface area contributed by atoms with Crippen LogP contribution in [0.3, 0.4) is 0 Å². The van der Waals surface area contributed by atoms with Gasteiger partial charge in [0.1, 0.15) is 0 Å². The maximum atomic E-state index is 13.0. The van der Waals surface area contributed by atoms with Crippen molar-refractivity contribution in [3.8, 4) is 0 Å². The van der Waals surface area contributed by atoms with E-state index in [-0.39, 0.29) is 13.1 Å². The van der Waals surface area contributed by atoms with Crippen LogP contribution in [0.25, 0.3) is 0 Å². The predicted octanol–water partition coefficient (Wildman–Crippen LogP) is 3.31. The highest BCUT2D eigenvalue weighted by Gasteiger charge is 2.57. The summed E-state index contributed by atoms with van der Waals surface area (Å²) in [6.45, 7) is 0.507. The van der Waals surface area contributed by atoms with E-state index in [0.717, 1.165) is 4.90 Å². The molecule has 1 saturated heterocycles. The molecule has 2 aliphatic rings. The highest BCUT2D eigenvalue weighted by molar-refractivity contribution is 6.30. The van der Waals surface area contributed by atoms with Crippen molar-refractivity contribution in [3.63, 3.8) is 0 Å². The molecule has 2 N–H and O–H groups in total. The van der Waals surface area contributed by atoms with E-state index < -0.39 is 29.8 Å². The molecule has 1 aromatic carbocycles. The topological polar surface area (TPSA) is 81.1 Å². The Morgan fingerprint density at radius 1 is 1.26 bits per heavy atom. The molecule has 2 amide bonds. The van der Waals surface area contributed by atoms with Crippen LogP contribution < -0.4 is 0 Å². The predicted molar refractivity (Wildman–Crippen MR) is 89.1 cm³/mol. The second kappa shape index (κ2) is 6.56. The molecule has 0 saturated carbocycles. The first-order valence-corrected chi connectivity index (χ1v) is 8.70. The van der Waals surface area contributed by atoms with E-state index in [4.69, 9.17) is 11.6 Å². The minimum absolute atomic E-state index is 0.131. The molecular formula is C17H18ClF3N2O4. The largest absolute Gasteiger partial charge is 0.465 e. The highest BCUT2D eigenvalue weighted by Crippen LogP contribution is 2.41. The van der Waals surface area contributed by atoms with Gasteiger partial charge in [-0.3, -0.25) is 4.79 Å². The number of halogens is 4. The van der Waals surface area contributed by atoms with Gasteiger partial charge in [0.2, 0.25) is 5.60 Å². The number of fused-ring (bicyclic) bond motifs is 1. The van der Waals surface area contributed by atoms with Crippen molar-refractivity contribution in [1.82, 2.24) is 9.80 Å². The van der Waals surface area contributed by atoms with Gasteiger partial charge in [-0.05, 0) is 48.6 Å². The molecule has 1 aromatic rings. The lowest BCUT2D eigenvalue weighted by molar-refractivity contribution is -0.250. The van der Waals surface area contributed by atoms with Crippen LogP contribution in [-0.4, -0.2) is 50.3 Å². The summed E-state index contributed by atoms with van der Waals surface area (Å²) in [4.78, 5) is 25.9. The molecule has 0 aliphatic carbocycles. The molecular weight excluding hydrogens is 389 g/mol. The van der Waals surface area contributed by atoms with E-state index in [1.165, 1.54) is 4.90 Å². The van der Waals surface area contributed by atoms with Gasteiger partial charge in [0.25, 0.3) is 5.91 Å². The van der Waals surface area contributed by atoms with Crippen molar-refractivity contribution >= 4 is 23.6 Å². The standard InChI is InChI=1S/C17H18ClF3N2O4/c1-16(27,17(19,20)21)14(24)22-7-9-5-10(18)6-11(12(9)8-22)13-3-2-4-23(13)15(25)26/h5-6,13,27H,2-4,7-8H2,1H3,(H,25,26). The van der Waals surface area contributed by atoms with Crippen LogP contribution in [-0.2, 0) is 17.9 Å². The Morgan fingerprint density at radius 2 is 1.93 bits per heavy atom. The molecule has 27 heavy (non-hydrogen) atoms. The first kappa shape index (κ1) is 19.8. The maximum Gasteiger partial charge on any atom is 0.426 e. The summed E-state index contributed by atoms with van der Waals surface area (Å²) >= 11 is 6.13. The van der Waals surface area contributed by atoms with Gasteiger partial charge in [0.05, 0.1) is 6.04 Å². The summed E-state index contributed by atoms with van der Waals surface area (Å²) in [6.07, 6.45) is -4.97. The van der Waals surface area contributed by atoms with E-state index in [9.17, 15) is 33.0 Å². The lowest BCUT2D eigenvalue weighted by Gasteiger charge is -2.29. The van der Waals surface area contributed by atoms with E-state index in [1.807, 2.05) is 0 Å². The normalized spacial score (nSPS) is 21.9. The summed E-state index contributed by atoms with van der Waals surface area (Å²) in [5.74, 6) is -1.45. The fourth-order valence-corrected chi connectivity index (χ4v) is 3.94. The number of nitrogens with zero attached hydrogens (tertiary/aromatic N) is 2. The van der Waals surface area contributed by atoms with Gasteiger partial charge >= 0.3 is 12.3 Å². The zero-order valence-electron chi connectivity index (χ0n) is 14.4. The van der Waals surface area contributed by atoms with Crippen molar-refractivity contribution in [3.05, 3.63) is 33.8 Å². The highest BCUT2D eigenvalue weighted by atomic mass is 35.5. The van der Waals surface area contributed by atoms with Crippen molar-refractivity contribution in [2.45, 2.75) is 50.7 Å². The number of hydrogen-bond acceptors (Lipinski definition) is 3. The third-order valence-corrected chi connectivity index (χ3v) is 5.38. The Morgan fingerprint density at radius 3 is 2.52 bits per heavy atom. The molecule has 0 radical (unpaired) electrons. The van der Waals surface area contributed by atoms with Crippen molar-refractivity contribution in [2.75, 3.05) is 6.54 Å². The zero-order chi connectivity index (χ0) is 20.1. The van der Waals surface area contributed by atoms with Crippen LogP contribution in [0.15, 0.2) is 12.1 Å². The molecule has 2 atom stereocenters. The lowest BCUT2D eigenvalue weighted by atomic mass is 9.96. The maximum absolute atomic E-state index is 13.0. The van der Waals surface area contributed by atoms with E-state index in [0.29, 0.717) is 48.0 Å². The molecule has 0 bridgehead atoms. The number of carbonyl (C=O) groups is 2. The van der Waals surface area contributed by atoms with Gasteiger partial charge in [-0.15, -0.1) is 0 Å². The smallest absolute Gasteiger partial charge is 0.426 e. The van der Waals surface area contributed by atoms with Crippen LogP contribution in [0, 0.1) is 0 Å². The monoisotopic (exact) mass is 406 g/mol. The van der Waals surface area contributed by atoms with Gasteiger partial charge in [-0.25, -0.2) is 4.79 Å². The average molecular weight is 407 g/mol. The molecule has 148 valence electrons. The van der Waals surface area contributed by atoms with Crippen molar-refractivity contribution in [2.24, 2.45) is 0 Å². The number of aliphatic hydroxyl groups is 1. The fourth-order valence-electron chi connectivity index (χ4n) is 3.69. The van der Waals surface area contributed by atoms with Crippen LogP contribution in [0.5, 0.6) is 0 Å². The summed E-state index contributed by atoms with van der Waals surface area (Å²) < 4.78 is 39.0. The summed E-state index contributed by atoms with van der Waals surface area (Å²) in [6, 6.07) is 2.69. The molecule has 0 spiro atoms. The number of carbonyl (C=O) groups excluding carboxylic acids is 1. The molecule has 6 nitrogen and oxygen atoms in total. The summed E-state index contributed by atoms with van der Waals surface area (Å²) in [7, 11) is 0. The average Bonchev–Trinajstić information content (AvgIpc) is 3.18. The summed E-state index contributed by atoms with van der Waals surface area (Å²) in [5, 5.41) is 19.4. The number of hydrogen-bond donors (Lipinski definition) is 2. The number of amides is 2. The summed E-state index contributed by atoms with van der Waals surface area (Å²) in [5.41, 5.74) is -1.76. The second-order valence-electron chi connectivity index (χ2n) is 7.00. The van der Waals surface area contributed by atoms with Crippen LogP contribution >= 0.6 is 11.6 Å². The number of likely N-dealkylation sites (tertiary alicyclic amines) is 1. The van der Waals surface area contributed by atoms with Crippen LogP contribution in [0.1, 0.15) is 42.5 Å². The van der Waals surface area contributed by atoms with Crippen molar-refractivity contribution in [1.29, 1.82) is 0 Å². The fraction of sp³-hybridized carbons (Fsp3) is 0.529. The van der Waals surface area contributed by atoms with Crippen LogP contribution in [0.2, 0.25) is 5.02 Å². The molecule has 10 heteroatoms. The molecule has 1 fully saturated rings. The first-order valence-electron chi connectivity index (χ1n) is 8.32. The Balaban J connectivity index is 1.94. The minimum Gasteiger partial charge on any atom is -0.465 e. The first-order chi connectivity index (χ1) is 12.4. The lowest BCUT2D eigenvalue weighted by Crippen LogP contribution is -2.54. The second-order valence-corrected chi connectivity index (χ2v) is 7.43. The molecule has 2 heterocycles. The Bertz CT molecular complexity index is 797. The van der Waals surface area contributed by atoms with Gasteiger partial charge in [-0.1, -0.05) is 11.6 Å². The van der Waals surface area contributed by atoms with E-state index >= 15 is 0 Å². The Kier molecular flexibility index (Phi) is 4.80. The van der Waals surface area contributed by atoms with Crippen LogP contribution in [0.4, 0.5) is 18.0 Å². The molecule has 2 unspecified atom stereocenters. The van der Waals surface area contributed by atoms with E-state index in [1.54, 1.807) is 12.1 Å².